The third-order valence-electron chi connectivity index (χ3n) is 13.0. The number of ketones is 2. The molecule has 0 bridgehead atoms. The van der Waals surface area contributed by atoms with Crippen LogP contribution in [0.4, 0.5) is 11.6 Å². The number of imidazole rings is 2. The Kier molecular flexibility index (Phi) is 13.2. The Balaban J connectivity index is 0.000000172. The molecule has 3 aliphatic rings. The number of nitrogens with zero attached hydrogens (tertiary/aromatic N) is 9. The number of hydrogen-bond acceptors (Lipinski definition) is 18. The predicted molar refractivity (Wildman–Crippen MR) is 249 cm³/mol. The van der Waals surface area contributed by atoms with E-state index in [-0.39, 0.29) is 35.8 Å². The van der Waals surface area contributed by atoms with Crippen molar-refractivity contribution < 1.29 is 38.9 Å². The fourth-order valence-electron chi connectivity index (χ4n) is 9.43. The fraction of sp³-hybridized carbons (Fsp3) is 0.413. The Hall–Kier alpha value is -6.13. The third-order valence-corrected chi connectivity index (χ3v) is 13.4. The van der Waals surface area contributed by atoms with E-state index in [1.807, 2.05) is 44.2 Å². The first-order chi connectivity index (χ1) is 32.7. The molecule has 2 aromatic carbocycles. The molecule has 0 radical (unpaired) electrons. The van der Waals surface area contributed by atoms with E-state index in [2.05, 4.69) is 51.8 Å². The highest BCUT2D eigenvalue weighted by Crippen LogP contribution is 2.68. The summed E-state index contributed by atoms with van der Waals surface area (Å²) in [7, 11) is 0. The minimum atomic E-state index is -1.11. The van der Waals surface area contributed by atoms with Gasteiger partial charge < -0.3 is 50.3 Å². The first-order valence-corrected chi connectivity index (χ1v) is 22.9. The number of carbonyl (C=O) groups is 2. The number of Topliss-reactive ketones (excluding diaryl/α,β-unsaturated/α-hetero) is 2. The number of aryl methyl sites for hydroxylation is 2. The average molecular weight is 970 g/mol. The summed E-state index contributed by atoms with van der Waals surface area (Å²) in [5.41, 5.74) is 11.9. The zero-order valence-electron chi connectivity index (χ0n) is 37.5. The molecule has 1 saturated heterocycles. The number of nitrogens with two attached hydrogens (primary N) is 1. The van der Waals surface area contributed by atoms with E-state index in [9.17, 15) is 24.9 Å². The summed E-state index contributed by atoms with van der Waals surface area (Å²) in [6.45, 7) is 8.52. The number of halogens is 2. The van der Waals surface area contributed by atoms with Gasteiger partial charge in [0.15, 0.2) is 46.0 Å². The topological polar surface area (TPSA) is 277 Å². The van der Waals surface area contributed by atoms with Crippen molar-refractivity contribution in [1.82, 2.24) is 44.2 Å². The second-order valence-electron chi connectivity index (χ2n) is 17.3. The highest BCUT2D eigenvalue weighted by atomic mass is 35.5. The standard InChI is InChI=1S/C24H26ClN7O5.C22H24ClN5O3/c1-3-16(33)21-18(26)20(34)24(36-21)32-11-30-19-22(28-10-29-23(19)32)27-8-14-7-15(25)5-4-13(14)9-35-17-6-12(2)31-37-17;1-3-14(29)22-8-13(22)16(17(30)18(22)31)28-10-25-15-19(26-21(23)27-20(15)28)24-9-12-6-4-5-11(2)7-12/h4-7,10-11,18,20-21,24,34H,3,8-9,26H2,1-2H3,(H,27,28,29);4-7,10,13,16-18,30-31H,3,8-9H2,1-2H3,(H,24,26,27)/t18?,20-,21+,24+;13-,16-,17-,18?,22-/m01/s1. The second-order valence-corrected chi connectivity index (χ2v) is 18.1. The van der Waals surface area contributed by atoms with Crippen LogP contribution in [0.1, 0.15) is 73.3 Å². The number of ether oxygens (including phenoxy) is 2. The van der Waals surface area contributed by atoms with Crippen LogP contribution >= 0.6 is 23.2 Å². The monoisotopic (exact) mass is 968 g/mol. The van der Waals surface area contributed by atoms with E-state index < -0.39 is 48.1 Å². The number of fused-ring (bicyclic) bond motifs is 3. The number of aliphatic hydroxyl groups excluding tert-OH is 3. The molecule has 2 aliphatic carbocycles. The molecule has 68 heavy (non-hydrogen) atoms. The molecule has 10 rings (SSSR count). The molecule has 7 N–H and O–H groups in total. The number of benzene rings is 2. The highest BCUT2D eigenvalue weighted by Gasteiger charge is 2.74. The Morgan fingerprint density at radius 3 is 2.38 bits per heavy atom. The van der Waals surface area contributed by atoms with Crippen molar-refractivity contribution in [2.24, 2.45) is 17.1 Å². The van der Waals surface area contributed by atoms with Crippen LogP contribution in [0.15, 0.2) is 72.0 Å². The molecule has 5 aromatic heterocycles. The number of hydrogen-bond donors (Lipinski definition) is 6. The van der Waals surface area contributed by atoms with Gasteiger partial charge in [-0.3, -0.25) is 14.2 Å². The summed E-state index contributed by atoms with van der Waals surface area (Å²) in [6.07, 6.45) is 0.518. The zero-order valence-corrected chi connectivity index (χ0v) is 39.0. The first-order valence-electron chi connectivity index (χ1n) is 22.2. The van der Waals surface area contributed by atoms with Crippen molar-refractivity contribution in [3.05, 3.63) is 106 Å². The minimum absolute atomic E-state index is 0.0101. The van der Waals surface area contributed by atoms with Crippen molar-refractivity contribution in [3.8, 4) is 5.95 Å². The lowest BCUT2D eigenvalue weighted by Crippen LogP contribution is -2.43. The number of carbonyl (C=O) groups excluding carboxylic acids is 2. The van der Waals surface area contributed by atoms with Crippen molar-refractivity contribution >= 4 is 68.7 Å². The molecule has 20 nitrogen and oxygen atoms in total. The van der Waals surface area contributed by atoms with Gasteiger partial charge in [-0.2, -0.15) is 9.97 Å². The van der Waals surface area contributed by atoms with Crippen LogP contribution < -0.4 is 21.1 Å². The van der Waals surface area contributed by atoms with Crippen LogP contribution in [-0.4, -0.2) is 102 Å². The smallest absolute Gasteiger partial charge is 0.311 e. The molecule has 1 aliphatic heterocycles. The molecule has 3 fully saturated rings. The van der Waals surface area contributed by atoms with Gasteiger partial charge >= 0.3 is 5.95 Å². The lowest BCUT2D eigenvalue weighted by molar-refractivity contribution is -0.132. The molecule has 2 unspecified atom stereocenters. The predicted octanol–water partition coefficient (Wildman–Crippen LogP) is 5.19. The van der Waals surface area contributed by atoms with Crippen LogP contribution in [0.3, 0.4) is 0 Å². The molecule has 0 amide bonds. The van der Waals surface area contributed by atoms with Crippen LogP contribution in [0.2, 0.25) is 10.3 Å². The molecule has 2 saturated carbocycles. The second kappa shape index (κ2) is 19.1. The van der Waals surface area contributed by atoms with E-state index in [0.717, 1.165) is 27.9 Å². The fourth-order valence-corrected chi connectivity index (χ4v) is 9.79. The first kappa shape index (κ1) is 47.0. The number of nitrogens with one attached hydrogen (secondary N) is 2. The average Bonchev–Trinajstić information content (AvgIpc) is 3.78. The molecule has 22 heteroatoms. The van der Waals surface area contributed by atoms with Gasteiger partial charge in [-0.25, -0.2) is 19.9 Å². The summed E-state index contributed by atoms with van der Waals surface area (Å²) in [6, 6.07) is 14.0. The number of aromatic nitrogens is 9. The van der Waals surface area contributed by atoms with Crippen LogP contribution in [0.25, 0.3) is 22.3 Å². The lowest BCUT2D eigenvalue weighted by Gasteiger charge is -2.23. The van der Waals surface area contributed by atoms with Gasteiger partial charge in [0.1, 0.15) is 37.0 Å². The van der Waals surface area contributed by atoms with Crippen molar-refractivity contribution in [3.63, 3.8) is 0 Å². The van der Waals surface area contributed by atoms with Crippen LogP contribution in [0.5, 0.6) is 5.95 Å². The van der Waals surface area contributed by atoms with E-state index >= 15 is 0 Å². The summed E-state index contributed by atoms with van der Waals surface area (Å²) in [5, 5.41) is 43.1. The van der Waals surface area contributed by atoms with E-state index in [1.54, 1.807) is 41.4 Å². The molecule has 6 heterocycles. The lowest BCUT2D eigenvalue weighted by atomic mass is 9.92. The van der Waals surface area contributed by atoms with Crippen LogP contribution in [0, 0.1) is 25.2 Å². The SMILES string of the molecule is CCC(=O)[C@@]12C[C@@H]1[C@@H](n1cnc3c(NCc4cccc(C)c4)nc(Cl)nc31)[C@@H](O)C2O.CCC(=O)[C@H]1O[C@@H](n2cnc3c(NCc4cc(Cl)ccc4COc4cc(C)no4)ncnc32)[C@@H](O)C1N. The maximum atomic E-state index is 12.5. The van der Waals surface area contributed by atoms with Gasteiger partial charge in [0.2, 0.25) is 5.28 Å². The molecule has 356 valence electrons. The van der Waals surface area contributed by atoms with E-state index in [0.29, 0.717) is 70.9 Å². The van der Waals surface area contributed by atoms with Crippen molar-refractivity contribution in [1.29, 1.82) is 0 Å². The van der Waals surface area contributed by atoms with Gasteiger partial charge in [0.25, 0.3) is 0 Å². The number of aliphatic hydroxyl groups is 3. The van der Waals surface area contributed by atoms with E-state index in [1.165, 1.54) is 12.7 Å². The van der Waals surface area contributed by atoms with Gasteiger partial charge in [-0.1, -0.05) is 66.5 Å². The van der Waals surface area contributed by atoms with Gasteiger partial charge in [0, 0.05) is 37.0 Å². The Morgan fingerprint density at radius 2 is 1.65 bits per heavy atom. The number of anilines is 2. The van der Waals surface area contributed by atoms with Gasteiger partial charge in [0.05, 0.1) is 42.0 Å². The van der Waals surface area contributed by atoms with Crippen molar-refractivity contribution in [2.45, 2.75) is 109 Å². The quantitative estimate of drug-likeness (QED) is 0.0721. The Morgan fingerprint density at radius 1 is 0.882 bits per heavy atom. The summed E-state index contributed by atoms with van der Waals surface area (Å²) >= 11 is 12.5. The Bertz CT molecular complexity index is 3000. The highest BCUT2D eigenvalue weighted by molar-refractivity contribution is 6.30. The molecule has 9 atom stereocenters. The molecular formula is C46H50Cl2N12O8. The van der Waals surface area contributed by atoms with Gasteiger partial charge in [-0.15, -0.1) is 0 Å². The number of rotatable bonds is 15. The Labute approximate surface area is 399 Å². The van der Waals surface area contributed by atoms with Gasteiger partial charge in [-0.05, 0) is 66.6 Å². The zero-order chi connectivity index (χ0) is 48.0. The van der Waals surface area contributed by atoms with E-state index in [4.69, 9.17) is 42.9 Å². The normalized spacial score (nSPS) is 25.0. The minimum Gasteiger partial charge on any atom is -0.459 e. The molecule has 0 spiro atoms. The third kappa shape index (κ3) is 8.76. The molecule has 7 aromatic rings. The summed E-state index contributed by atoms with van der Waals surface area (Å²) < 4.78 is 20.0. The maximum absolute atomic E-state index is 12.5. The van der Waals surface area contributed by atoms with Crippen molar-refractivity contribution in [2.75, 3.05) is 10.6 Å². The maximum Gasteiger partial charge on any atom is 0.311 e. The van der Waals surface area contributed by atoms with Crippen LogP contribution in [-0.2, 0) is 34.0 Å². The summed E-state index contributed by atoms with van der Waals surface area (Å²) in [5.74, 6) is 0.960. The largest absolute Gasteiger partial charge is 0.459 e. The summed E-state index contributed by atoms with van der Waals surface area (Å²) in [4.78, 5) is 50.9. The molecular weight excluding hydrogens is 919 g/mol.